The molecule has 2 aliphatic heterocycles. The van der Waals surface area contributed by atoms with Crippen molar-refractivity contribution in [3.63, 3.8) is 0 Å². The summed E-state index contributed by atoms with van der Waals surface area (Å²) in [4.78, 5) is 29.0. The van der Waals surface area contributed by atoms with Gasteiger partial charge in [-0.25, -0.2) is 4.79 Å². The van der Waals surface area contributed by atoms with Gasteiger partial charge in [0, 0.05) is 18.0 Å². The predicted molar refractivity (Wildman–Crippen MR) is 114 cm³/mol. The molecule has 8 heteroatoms. The number of anilines is 1. The maximum atomic E-state index is 12.8. The van der Waals surface area contributed by atoms with E-state index in [1.165, 1.54) is 21.8 Å². The third kappa shape index (κ3) is 3.43. The van der Waals surface area contributed by atoms with Crippen molar-refractivity contribution in [2.24, 2.45) is 0 Å². The number of rotatable bonds is 3. The van der Waals surface area contributed by atoms with Crippen molar-refractivity contribution in [3.05, 3.63) is 68.2 Å². The van der Waals surface area contributed by atoms with Crippen molar-refractivity contribution in [3.8, 4) is 5.75 Å². The largest absolute Gasteiger partial charge is 0.422 e. The summed E-state index contributed by atoms with van der Waals surface area (Å²) in [5, 5.41) is 9.29. The second-order valence-corrected chi connectivity index (χ2v) is 9.24. The van der Waals surface area contributed by atoms with Gasteiger partial charge < -0.3 is 20.3 Å². The second kappa shape index (κ2) is 7.29. The first kappa shape index (κ1) is 18.4. The first-order chi connectivity index (χ1) is 14.1. The number of hydrogen-bond acceptors (Lipinski definition) is 7. The molecule has 0 spiro atoms. The summed E-state index contributed by atoms with van der Waals surface area (Å²) in [6.07, 6.45) is 0.594. The third-order valence-corrected chi connectivity index (χ3v) is 7.17. The third-order valence-electron chi connectivity index (χ3n) is 5.17. The van der Waals surface area contributed by atoms with Gasteiger partial charge in [-0.2, -0.15) is 0 Å². The fourth-order valence-electron chi connectivity index (χ4n) is 3.69. The Morgan fingerprint density at radius 3 is 2.79 bits per heavy atom. The van der Waals surface area contributed by atoms with Crippen LogP contribution in [0.1, 0.15) is 42.2 Å². The van der Waals surface area contributed by atoms with Crippen molar-refractivity contribution < 1.29 is 14.3 Å². The summed E-state index contributed by atoms with van der Waals surface area (Å²) in [5.41, 5.74) is 2.89. The molecular formula is C21H19N3O3S2. The highest BCUT2D eigenvalue weighted by molar-refractivity contribution is 7.16. The van der Waals surface area contributed by atoms with E-state index >= 15 is 0 Å². The van der Waals surface area contributed by atoms with Crippen LogP contribution in [0.5, 0.6) is 5.75 Å². The number of esters is 1. The number of likely N-dealkylation sites (N-methyl/N-ethyl adjacent to an activating group) is 1. The van der Waals surface area contributed by atoms with Crippen molar-refractivity contribution in [2.45, 2.75) is 19.1 Å². The van der Waals surface area contributed by atoms with Crippen LogP contribution in [0.2, 0.25) is 0 Å². The minimum atomic E-state index is -0.365. The highest BCUT2D eigenvalue weighted by Crippen LogP contribution is 2.40. The van der Waals surface area contributed by atoms with Gasteiger partial charge in [0.1, 0.15) is 21.8 Å². The van der Waals surface area contributed by atoms with E-state index < -0.39 is 0 Å². The standard InChI is InChI=1S/C21H19N3O3S2/c1-24-9-8-14-16(11-24)29-20-17(14)19(25)22-18(23-20)12-4-6-13(7-5-12)27-21(26)15-3-2-10-28-15/h2-7,10,18,23H,8-9,11H2,1H3,(H,22,25)/t18-/m1/s1. The molecule has 2 aromatic heterocycles. The van der Waals surface area contributed by atoms with Crippen LogP contribution in [0, 0.1) is 0 Å². The SMILES string of the molecule is CN1CCc2c(sc3c2C(=O)N[C@@H](c2ccc(OC(=O)c4cccs4)cc2)N3)C1. The van der Waals surface area contributed by atoms with E-state index in [1.54, 1.807) is 29.5 Å². The zero-order chi connectivity index (χ0) is 20.0. The Hall–Kier alpha value is -2.68. The topological polar surface area (TPSA) is 70.7 Å². The lowest BCUT2D eigenvalue weighted by atomic mass is 10.0. The van der Waals surface area contributed by atoms with Gasteiger partial charge in [0.2, 0.25) is 0 Å². The smallest absolute Gasteiger partial charge is 0.353 e. The van der Waals surface area contributed by atoms with Gasteiger partial charge in [0.05, 0.1) is 5.56 Å². The molecule has 1 aromatic carbocycles. The van der Waals surface area contributed by atoms with Gasteiger partial charge in [0.25, 0.3) is 5.91 Å². The molecule has 2 aliphatic rings. The van der Waals surface area contributed by atoms with Crippen molar-refractivity contribution in [1.29, 1.82) is 0 Å². The Balaban J connectivity index is 1.33. The molecule has 0 unspecified atom stereocenters. The van der Waals surface area contributed by atoms with Crippen molar-refractivity contribution in [2.75, 3.05) is 18.9 Å². The molecule has 148 valence electrons. The molecule has 0 saturated heterocycles. The number of hydrogen-bond donors (Lipinski definition) is 2. The fraction of sp³-hybridized carbons (Fsp3) is 0.238. The lowest BCUT2D eigenvalue weighted by molar-refractivity contribution is 0.0739. The van der Waals surface area contributed by atoms with Crippen LogP contribution in [0.3, 0.4) is 0 Å². The van der Waals surface area contributed by atoms with Crippen LogP contribution < -0.4 is 15.4 Å². The molecule has 2 N–H and O–H groups in total. The summed E-state index contributed by atoms with van der Waals surface area (Å²) in [5.74, 6) is 0.0826. The number of amides is 1. The van der Waals surface area contributed by atoms with E-state index in [2.05, 4.69) is 22.6 Å². The molecule has 4 heterocycles. The lowest BCUT2D eigenvalue weighted by Crippen LogP contribution is -2.38. The van der Waals surface area contributed by atoms with E-state index in [9.17, 15) is 9.59 Å². The Morgan fingerprint density at radius 2 is 2.03 bits per heavy atom. The molecule has 6 nitrogen and oxygen atoms in total. The van der Waals surface area contributed by atoms with Crippen LogP contribution in [0.4, 0.5) is 5.00 Å². The molecule has 3 aromatic rings. The Bertz CT molecular complexity index is 1070. The van der Waals surface area contributed by atoms with E-state index in [4.69, 9.17) is 4.74 Å². The number of nitrogens with one attached hydrogen (secondary N) is 2. The number of benzene rings is 1. The lowest BCUT2D eigenvalue weighted by Gasteiger charge is -2.27. The highest BCUT2D eigenvalue weighted by atomic mass is 32.1. The average molecular weight is 426 g/mol. The monoisotopic (exact) mass is 425 g/mol. The van der Waals surface area contributed by atoms with Crippen LogP contribution in [-0.4, -0.2) is 30.4 Å². The molecular weight excluding hydrogens is 406 g/mol. The quantitative estimate of drug-likeness (QED) is 0.492. The number of carbonyl (C=O) groups excluding carboxylic acids is 2. The molecule has 0 bridgehead atoms. The molecule has 29 heavy (non-hydrogen) atoms. The van der Waals surface area contributed by atoms with Crippen molar-refractivity contribution >= 4 is 39.6 Å². The number of nitrogens with zero attached hydrogens (tertiary/aromatic N) is 1. The Labute approximate surface area is 176 Å². The van der Waals surface area contributed by atoms with Gasteiger partial charge in [-0.15, -0.1) is 22.7 Å². The van der Waals surface area contributed by atoms with E-state index in [0.29, 0.717) is 10.6 Å². The summed E-state index contributed by atoms with van der Waals surface area (Å²) < 4.78 is 5.40. The average Bonchev–Trinajstić information content (AvgIpc) is 3.36. The van der Waals surface area contributed by atoms with Crippen LogP contribution >= 0.6 is 22.7 Å². The number of fused-ring (bicyclic) bond motifs is 3. The first-order valence-electron chi connectivity index (χ1n) is 9.34. The Morgan fingerprint density at radius 1 is 1.21 bits per heavy atom. The number of ether oxygens (including phenoxy) is 1. The number of carbonyl (C=O) groups is 2. The van der Waals surface area contributed by atoms with Crippen LogP contribution in [-0.2, 0) is 13.0 Å². The molecule has 0 fully saturated rings. The second-order valence-electron chi connectivity index (χ2n) is 7.18. The summed E-state index contributed by atoms with van der Waals surface area (Å²) in [6, 6.07) is 10.8. The van der Waals surface area contributed by atoms with Gasteiger partial charge in [0.15, 0.2) is 0 Å². The van der Waals surface area contributed by atoms with Crippen LogP contribution in [0.15, 0.2) is 41.8 Å². The zero-order valence-electron chi connectivity index (χ0n) is 15.7. The van der Waals surface area contributed by atoms with Crippen molar-refractivity contribution in [1.82, 2.24) is 10.2 Å². The maximum Gasteiger partial charge on any atom is 0.353 e. The maximum absolute atomic E-state index is 12.8. The normalized spacial score (nSPS) is 18.4. The summed E-state index contributed by atoms with van der Waals surface area (Å²) in [7, 11) is 2.10. The minimum absolute atomic E-state index is 0.0287. The summed E-state index contributed by atoms with van der Waals surface area (Å²) >= 11 is 3.02. The van der Waals surface area contributed by atoms with Gasteiger partial charge in [-0.05, 0) is 48.2 Å². The fourth-order valence-corrected chi connectivity index (χ4v) is 5.64. The molecule has 0 saturated carbocycles. The van der Waals surface area contributed by atoms with E-state index in [0.717, 1.165) is 35.6 Å². The molecule has 1 amide bonds. The Kier molecular flexibility index (Phi) is 4.61. The van der Waals surface area contributed by atoms with Gasteiger partial charge in [-0.1, -0.05) is 18.2 Å². The van der Waals surface area contributed by atoms with Gasteiger partial charge in [-0.3, -0.25) is 4.79 Å². The molecule has 1 atom stereocenters. The molecule has 5 rings (SSSR count). The minimum Gasteiger partial charge on any atom is -0.422 e. The first-order valence-corrected chi connectivity index (χ1v) is 11.0. The van der Waals surface area contributed by atoms with E-state index in [-0.39, 0.29) is 18.0 Å². The van der Waals surface area contributed by atoms with Gasteiger partial charge >= 0.3 is 5.97 Å². The van der Waals surface area contributed by atoms with E-state index in [1.807, 2.05) is 23.6 Å². The summed E-state index contributed by atoms with van der Waals surface area (Å²) in [6.45, 7) is 1.86. The number of thiophene rings is 2. The highest BCUT2D eigenvalue weighted by Gasteiger charge is 2.32. The van der Waals surface area contributed by atoms with Crippen LogP contribution in [0.25, 0.3) is 0 Å². The molecule has 0 aliphatic carbocycles. The molecule has 0 radical (unpaired) electrons. The predicted octanol–water partition coefficient (Wildman–Crippen LogP) is 3.87. The zero-order valence-corrected chi connectivity index (χ0v) is 17.4.